The van der Waals surface area contributed by atoms with E-state index in [1.807, 2.05) is 24.3 Å². The number of hydrogen-bond acceptors (Lipinski definition) is 4. The van der Waals surface area contributed by atoms with E-state index in [9.17, 15) is 14.9 Å². The molecule has 2 aromatic rings. The summed E-state index contributed by atoms with van der Waals surface area (Å²) in [6.45, 7) is 0. The van der Waals surface area contributed by atoms with Crippen molar-refractivity contribution in [3.05, 3.63) is 74.2 Å². The van der Waals surface area contributed by atoms with E-state index in [2.05, 4.69) is 21.0 Å². The Hall–Kier alpha value is -2.54. The molecule has 2 aromatic carbocycles. The molecule has 1 atom stereocenters. The average Bonchev–Trinajstić information content (AvgIpc) is 3.00. The molecule has 0 saturated carbocycles. The average molecular weight is 374 g/mol. The number of hydrazone groups is 1. The lowest BCUT2D eigenvalue weighted by molar-refractivity contribution is -0.384. The first-order valence-electron chi connectivity index (χ1n) is 6.90. The van der Waals surface area contributed by atoms with Crippen molar-refractivity contribution >= 4 is 33.7 Å². The van der Waals surface area contributed by atoms with Gasteiger partial charge in [-0.3, -0.25) is 14.9 Å². The van der Waals surface area contributed by atoms with Crippen LogP contribution < -0.4 is 0 Å². The second kappa shape index (κ2) is 6.29. The molecule has 0 N–H and O–H groups in total. The number of carbonyl (C=O) groups is 1. The van der Waals surface area contributed by atoms with Crippen LogP contribution in [0.15, 0.2) is 58.1 Å². The smallest absolute Gasteiger partial charge is 0.269 e. The Labute approximate surface area is 140 Å². The Morgan fingerprint density at radius 1 is 1.17 bits per heavy atom. The highest BCUT2D eigenvalue weighted by Crippen LogP contribution is 2.32. The van der Waals surface area contributed by atoms with Gasteiger partial charge in [0, 0.05) is 23.0 Å². The van der Waals surface area contributed by atoms with E-state index in [0.717, 1.165) is 21.3 Å². The third kappa shape index (κ3) is 3.14. The van der Waals surface area contributed by atoms with Crippen LogP contribution in [0.2, 0.25) is 0 Å². The summed E-state index contributed by atoms with van der Waals surface area (Å²) in [6.07, 6.45) is 1.27. The SMILES string of the molecule is O=CN1N=C(c2ccc([N+](=O)[O-])cc2)CC1c1ccc(Br)cc1. The van der Waals surface area contributed by atoms with E-state index < -0.39 is 4.92 Å². The van der Waals surface area contributed by atoms with Gasteiger partial charge in [0.05, 0.1) is 16.7 Å². The number of benzene rings is 2. The van der Waals surface area contributed by atoms with Gasteiger partial charge < -0.3 is 0 Å². The first kappa shape index (κ1) is 15.4. The molecular weight excluding hydrogens is 362 g/mol. The molecule has 1 unspecified atom stereocenters. The fourth-order valence-corrected chi connectivity index (χ4v) is 2.79. The Bertz CT molecular complexity index is 772. The third-order valence-electron chi connectivity index (χ3n) is 3.72. The largest absolute Gasteiger partial charge is 0.277 e. The first-order valence-corrected chi connectivity index (χ1v) is 7.69. The number of rotatable bonds is 4. The molecule has 0 aliphatic carbocycles. The summed E-state index contributed by atoms with van der Waals surface area (Å²) in [6, 6.07) is 13.8. The van der Waals surface area contributed by atoms with Gasteiger partial charge in [-0.2, -0.15) is 5.10 Å². The molecule has 0 fully saturated rings. The van der Waals surface area contributed by atoms with Crippen LogP contribution in [0.25, 0.3) is 0 Å². The normalized spacial score (nSPS) is 17.0. The van der Waals surface area contributed by atoms with Crippen molar-refractivity contribution in [1.82, 2.24) is 5.01 Å². The molecule has 0 aromatic heterocycles. The molecule has 0 saturated heterocycles. The van der Waals surface area contributed by atoms with E-state index in [1.54, 1.807) is 12.1 Å². The summed E-state index contributed by atoms with van der Waals surface area (Å²) >= 11 is 3.39. The van der Waals surface area contributed by atoms with Crippen molar-refractivity contribution in [3.63, 3.8) is 0 Å². The van der Waals surface area contributed by atoms with Gasteiger partial charge in [0.25, 0.3) is 5.69 Å². The van der Waals surface area contributed by atoms with E-state index in [1.165, 1.54) is 17.1 Å². The van der Waals surface area contributed by atoms with Gasteiger partial charge in [0.15, 0.2) is 0 Å². The molecule has 116 valence electrons. The number of non-ortho nitro benzene ring substituents is 1. The van der Waals surface area contributed by atoms with E-state index >= 15 is 0 Å². The molecule has 3 rings (SSSR count). The molecule has 23 heavy (non-hydrogen) atoms. The van der Waals surface area contributed by atoms with Crippen molar-refractivity contribution in [2.24, 2.45) is 5.10 Å². The van der Waals surface area contributed by atoms with Gasteiger partial charge in [0.2, 0.25) is 6.41 Å². The minimum Gasteiger partial charge on any atom is -0.277 e. The molecule has 0 radical (unpaired) electrons. The van der Waals surface area contributed by atoms with Gasteiger partial charge in [-0.1, -0.05) is 28.1 Å². The highest BCUT2D eigenvalue weighted by atomic mass is 79.9. The lowest BCUT2D eigenvalue weighted by atomic mass is 9.98. The van der Waals surface area contributed by atoms with Gasteiger partial charge in [-0.25, -0.2) is 5.01 Å². The molecule has 1 amide bonds. The van der Waals surface area contributed by atoms with Crippen molar-refractivity contribution < 1.29 is 9.72 Å². The minimum absolute atomic E-state index is 0.0315. The second-order valence-electron chi connectivity index (χ2n) is 5.11. The molecular formula is C16H12BrN3O3. The zero-order valence-electron chi connectivity index (χ0n) is 11.9. The van der Waals surface area contributed by atoms with Crippen LogP contribution in [0.3, 0.4) is 0 Å². The van der Waals surface area contributed by atoms with Crippen LogP contribution in [0.1, 0.15) is 23.6 Å². The molecule has 1 aliphatic rings. The number of halogens is 1. The van der Waals surface area contributed by atoms with Crippen LogP contribution in [0, 0.1) is 10.1 Å². The third-order valence-corrected chi connectivity index (χ3v) is 4.24. The number of nitrogens with zero attached hydrogens (tertiary/aromatic N) is 3. The lowest BCUT2D eigenvalue weighted by Crippen LogP contribution is -2.17. The lowest BCUT2D eigenvalue weighted by Gasteiger charge is -2.17. The topological polar surface area (TPSA) is 75.8 Å². The summed E-state index contributed by atoms with van der Waals surface area (Å²) < 4.78 is 0.966. The van der Waals surface area contributed by atoms with Crippen LogP contribution in [0.4, 0.5) is 5.69 Å². The predicted octanol–water partition coefficient (Wildman–Crippen LogP) is 3.66. The molecule has 6 nitrogen and oxygen atoms in total. The minimum atomic E-state index is -0.442. The monoisotopic (exact) mass is 373 g/mol. The van der Waals surface area contributed by atoms with Crippen molar-refractivity contribution in [2.45, 2.75) is 12.5 Å². The maximum absolute atomic E-state index is 11.3. The zero-order chi connectivity index (χ0) is 16.4. The summed E-state index contributed by atoms with van der Waals surface area (Å²) in [5.41, 5.74) is 2.53. The van der Waals surface area contributed by atoms with E-state index in [4.69, 9.17) is 0 Å². The van der Waals surface area contributed by atoms with Crippen LogP contribution in [-0.4, -0.2) is 22.1 Å². The first-order chi connectivity index (χ1) is 11.1. The molecule has 7 heteroatoms. The summed E-state index contributed by atoms with van der Waals surface area (Å²) in [4.78, 5) is 21.6. The van der Waals surface area contributed by atoms with Crippen molar-refractivity contribution in [1.29, 1.82) is 0 Å². The fourth-order valence-electron chi connectivity index (χ4n) is 2.53. The quantitative estimate of drug-likeness (QED) is 0.466. The molecule has 0 spiro atoms. The van der Waals surface area contributed by atoms with Gasteiger partial charge in [-0.15, -0.1) is 0 Å². The summed E-state index contributed by atoms with van der Waals surface area (Å²) in [5, 5.41) is 16.4. The van der Waals surface area contributed by atoms with Gasteiger partial charge in [-0.05, 0) is 35.4 Å². The van der Waals surface area contributed by atoms with Crippen molar-refractivity contribution in [2.75, 3.05) is 0 Å². The predicted molar refractivity (Wildman–Crippen MR) is 89.0 cm³/mol. The Morgan fingerprint density at radius 3 is 2.39 bits per heavy atom. The Morgan fingerprint density at radius 2 is 1.83 bits per heavy atom. The van der Waals surface area contributed by atoms with Gasteiger partial charge in [0.1, 0.15) is 0 Å². The number of nitro benzene ring substituents is 1. The highest BCUT2D eigenvalue weighted by Gasteiger charge is 2.28. The number of nitro groups is 1. The number of amides is 1. The molecule has 1 aliphatic heterocycles. The van der Waals surface area contributed by atoms with Gasteiger partial charge >= 0.3 is 0 Å². The number of hydrogen-bond donors (Lipinski definition) is 0. The zero-order valence-corrected chi connectivity index (χ0v) is 13.5. The Kier molecular flexibility index (Phi) is 4.20. The van der Waals surface area contributed by atoms with E-state index in [0.29, 0.717) is 12.8 Å². The van der Waals surface area contributed by atoms with Crippen LogP contribution in [-0.2, 0) is 4.79 Å². The van der Waals surface area contributed by atoms with Crippen LogP contribution in [0.5, 0.6) is 0 Å². The maximum atomic E-state index is 11.3. The van der Waals surface area contributed by atoms with Crippen LogP contribution >= 0.6 is 15.9 Å². The summed E-state index contributed by atoms with van der Waals surface area (Å²) in [7, 11) is 0. The fraction of sp³-hybridized carbons (Fsp3) is 0.125. The number of carbonyl (C=O) groups excluding carboxylic acids is 1. The van der Waals surface area contributed by atoms with E-state index in [-0.39, 0.29) is 11.7 Å². The molecule has 0 bridgehead atoms. The highest BCUT2D eigenvalue weighted by molar-refractivity contribution is 9.10. The maximum Gasteiger partial charge on any atom is 0.269 e. The van der Waals surface area contributed by atoms with Crippen molar-refractivity contribution in [3.8, 4) is 0 Å². The Balaban J connectivity index is 1.86. The summed E-state index contributed by atoms with van der Waals surface area (Å²) in [5.74, 6) is 0. The standard InChI is InChI=1S/C16H12BrN3O3/c17-13-5-1-12(2-6-13)16-9-15(18-19(16)10-21)11-3-7-14(8-4-11)20(22)23/h1-8,10,16H,9H2. The second-order valence-corrected chi connectivity index (χ2v) is 6.02. The molecule has 1 heterocycles.